The fourth-order valence-electron chi connectivity index (χ4n) is 2.21. The second-order valence-corrected chi connectivity index (χ2v) is 4.33. The first-order valence-corrected chi connectivity index (χ1v) is 5.67. The quantitative estimate of drug-likeness (QED) is 0.608. The molecule has 0 aliphatic carbocycles. The van der Waals surface area contributed by atoms with E-state index in [4.69, 9.17) is 9.84 Å². The summed E-state index contributed by atoms with van der Waals surface area (Å²) in [5.74, 6) is -0.283. The van der Waals surface area contributed by atoms with Crippen molar-refractivity contribution >= 4 is 24.4 Å². The molecule has 3 aliphatic heterocycles. The lowest BCUT2D eigenvalue weighted by molar-refractivity contribution is -0.117. The molecular formula is C10H11FN4O4. The van der Waals surface area contributed by atoms with Crippen molar-refractivity contribution in [3.05, 3.63) is 0 Å². The highest BCUT2D eigenvalue weighted by atomic mass is 19.1. The highest BCUT2D eigenvalue weighted by Crippen LogP contribution is 2.28. The molecule has 0 bridgehead atoms. The number of rotatable bonds is 2. The number of ether oxygens (including phenoxy) is 1. The van der Waals surface area contributed by atoms with Crippen LogP contribution in [-0.4, -0.2) is 76.8 Å². The topological polar surface area (TPSA) is 107 Å². The Morgan fingerprint density at radius 1 is 1.53 bits per heavy atom. The first-order valence-electron chi connectivity index (χ1n) is 5.67. The van der Waals surface area contributed by atoms with Crippen LogP contribution in [0.1, 0.15) is 0 Å². The van der Waals surface area contributed by atoms with Gasteiger partial charge in [0, 0.05) is 0 Å². The average Bonchev–Trinajstić information content (AvgIpc) is 2.94. The second-order valence-electron chi connectivity index (χ2n) is 4.33. The second kappa shape index (κ2) is 4.44. The minimum absolute atomic E-state index is 0.207. The number of fused-ring (bicyclic) bond motifs is 1. The van der Waals surface area contributed by atoms with Gasteiger partial charge in [-0.25, -0.2) is 9.38 Å². The van der Waals surface area contributed by atoms with E-state index >= 15 is 0 Å². The predicted octanol–water partition coefficient (Wildman–Crippen LogP) is -1.92. The normalized spacial score (nSPS) is 40.8. The van der Waals surface area contributed by atoms with Gasteiger partial charge in [-0.1, -0.05) is 0 Å². The van der Waals surface area contributed by atoms with Crippen molar-refractivity contribution in [1.82, 2.24) is 4.90 Å². The van der Waals surface area contributed by atoms with Gasteiger partial charge in [-0.2, -0.15) is 4.99 Å². The lowest BCUT2D eigenvalue weighted by atomic mass is 10.1. The Morgan fingerprint density at radius 3 is 3.00 bits per heavy atom. The Morgan fingerprint density at radius 2 is 2.32 bits per heavy atom. The summed E-state index contributed by atoms with van der Waals surface area (Å²) in [6, 6.07) is -0.883. The van der Waals surface area contributed by atoms with Crippen molar-refractivity contribution in [1.29, 1.82) is 0 Å². The predicted molar refractivity (Wildman–Crippen MR) is 61.7 cm³/mol. The summed E-state index contributed by atoms with van der Waals surface area (Å²) in [5.41, 5.74) is 0. The molecule has 0 aromatic rings. The summed E-state index contributed by atoms with van der Waals surface area (Å²) in [5, 5.41) is 18.6. The molecule has 3 heterocycles. The molecule has 102 valence electrons. The Bertz CT molecular complexity index is 494. The monoisotopic (exact) mass is 270 g/mol. The van der Waals surface area contributed by atoms with Crippen LogP contribution in [0.4, 0.5) is 4.39 Å². The van der Waals surface area contributed by atoms with Crippen molar-refractivity contribution < 1.29 is 24.1 Å². The maximum Gasteiger partial charge on any atom is 0.279 e. The van der Waals surface area contributed by atoms with Gasteiger partial charge in [0.1, 0.15) is 24.4 Å². The van der Waals surface area contributed by atoms with Crippen LogP contribution in [0.2, 0.25) is 0 Å². The van der Waals surface area contributed by atoms with Gasteiger partial charge >= 0.3 is 0 Å². The molecule has 3 aliphatic rings. The van der Waals surface area contributed by atoms with Crippen LogP contribution in [0.25, 0.3) is 0 Å². The maximum atomic E-state index is 14.0. The number of amides is 1. The van der Waals surface area contributed by atoms with Crippen LogP contribution >= 0.6 is 0 Å². The molecule has 0 saturated carbocycles. The number of carbonyl (C=O) groups excluding carboxylic acids is 1. The maximum absolute atomic E-state index is 14.0. The zero-order valence-corrected chi connectivity index (χ0v) is 9.63. The van der Waals surface area contributed by atoms with E-state index in [2.05, 4.69) is 15.0 Å². The number of alkyl halides is 1. The average molecular weight is 270 g/mol. The van der Waals surface area contributed by atoms with Crippen LogP contribution in [0, 0.1) is 0 Å². The van der Waals surface area contributed by atoms with E-state index in [1.165, 1.54) is 11.2 Å². The van der Waals surface area contributed by atoms with E-state index in [1.807, 2.05) is 0 Å². The number of hydrogen-bond donors (Lipinski definition) is 2. The van der Waals surface area contributed by atoms with Gasteiger partial charge in [0.05, 0.1) is 12.9 Å². The molecule has 19 heavy (non-hydrogen) atoms. The molecule has 1 amide bonds. The van der Waals surface area contributed by atoms with E-state index in [1.54, 1.807) is 0 Å². The first-order chi connectivity index (χ1) is 9.13. The number of amidine groups is 1. The van der Waals surface area contributed by atoms with E-state index in [0.717, 1.165) is 6.34 Å². The Kier molecular flexibility index (Phi) is 2.88. The Hall–Kier alpha value is -1.71. The lowest BCUT2D eigenvalue weighted by Crippen LogP contribution is -2.46. The van der Waals surface area contributed by atoms with Gasteiger partial charge in [-0.05, 0) is 0 Å². The molecule has 8 nitrogen and oxygen atoms in total. The number of carbonyl (C=O) groups is 1. The molecule has 5 atom stereocenters. The zero-order chi connectivity index (χ0) is 13.6. The number of aliphatic hydroxyl groups is 2. The van der Waals surface area contributed by atoms with E-state index < -0.39 is 43.2 Å². The molecule has 9 heteroatoms. The van der Waals surface area contributed by atoms with E-state index in [0.29, 0.717) is 0 Å². The largest absolute Gasteiger partial charge is 0.394 e. The van der Waals surface area contributed by atoms with Crippen molar-refractivity contribution in [3.63, 3.8) is 0 Å². The van der Waals surface area contributed by atoms with E-state index in [-0.39, 0.29) is 5.84 Å². The molecule has 1 saturated heterocycles. The third-order valence-electron chi connectivity index (χ3n) is 3.21. The van der Waals surface area contributed by atoms with Gasteiger partial charge in [-0.3, -0.25) is 14.7 Å². The molecule has 1 fully saturated rings. The smallest absolute Gasteiger partial charge is 0.279 e. The summed E-state index contributed by atoms with van der Waals surface area (Å²) in [6.07, 6.45) is -3.05. The number of aliphatic hydroxyl groups excluding tert-OH is 2. The number of halogens is 1. The number of nitrogens with zero attached hydrogens (tertiary/aromatic N) is 4. The summed E-state index contributed by atoms with van der Waals surface area (Å²) >= 11 is 0. The molecule has 2 N–H and O–H groups in total. The van der Waals surface area contributed by atoms with Gasteiger partial charge < -0.3 is 14.9 Å². The molecule has 0 radical (unpaired) electrons. The fraction of sp³-hybridized carbons (Fsp3) is 0.600. The highest BCUT2D eigenvalue weighted by molar-refractivity contribution is 6.19. The molecule has 0 spiro atoms. The molecular weight excluding hydrogens is 259 g/mol. The van der Waals surface area contributed by atoms with Crippen LogP contribution in [-0.2, 0) is 9.53 Å². The van der Waals surface area contributed by atoms with Crippen molar-refractivity contribution in [2.24, 2.45) is 15.0 Å². The first kappa shape index (κ1) is 12.3. The third kappa shape index (κ3) is 1.78. The Balaban J connectivity index is 1.85. The van der Waals surface area contributed by atoms with Gasteiger partial charge in [0.2, 0.25) is 0 Å². The van der Waals surface area contributed by atoms with Crippen LogP contribution < -0.4 is 0 Å². The standard InChI is InChI=1S/C10H11FN4O4/c11-5-7(17)4(1-16)19-10(5)15-3-14-6-8(15)12-2-13-9(6)18/h2-7,10,16-17H,1H2. The van der Waals surface area contributed by atoms with Gasteiger partial charge in [-0.15, -0.1) is 0 Å². The Labute approximate surface area is 106 Å². The summed E-state index contributed by atoms with van der Waals surface area (Å²) in [4.78, 5) is 24.0. The lowest BCUT2D eigenvalue weighted by Gasteiger charge is -2.25. The summed E-state index contributed by atoms with van der Waals surface area (Å²) < 4.78 is 19.2. The third-order valence-corrected chi connectivity index (χ3v) is 3.21. The highest BCUT2D eigenvalue weighted by Gasteiger charge is 2.50. The SMILES string of the molecule is O=C1N=CN=C2C1N=CN2C1OC(CO)C(O)C1F. The van der Waals surface area contributed by atoms with Crippen molar-refractivity contribution in [3.8, 4) is 0 Å². The minimum Gasteiger partial charge on any atom is -0.394 e. The van der Waals surface area contributed by atoms with Crippen LogP contribution in [0.15, 0.2) is 15.0 Å². The molecule has 5 unspecified atom stereocenters. The number of aliphatic imine (C=N–C) groups is 3. The molecule has 3 rings (SSSR count). The summed E-state index contributed by atoms with van der Waals surface area (Å²) in [6.45, 7) is -0.501. The fourth-order valence-corrected chi connectivity index (χ4v) is 2.21. The van der Waals surface area contributed by atoms with Crippen molar-refractivity contribution in [2.75, 3.05) is 6.61 Å². The molecule has 0 aromatic heterocycles. The van der Waals surface area contributed by atoms with Crippen LogP contribution in [0.3, 0.4) is 0 Å². The van der Waals surface area contributed by atoms with Gasteiger partial charge in [0.25, 0.3) is 5.91 Å². The summed E-state index contributed by atoms with van der Waals surface area (Å²) in [7, 11) is 0. The van der Waals surface area contributed by atoms with E-state index in [9.17, 15) is 14.3 Å². The molecule has 0 aromatic carbocycles. The number of hydrogen-bond acceptors (Lipinski definition) is 7. The van der Waals surface area contributed by atoms with Crippen molar-refractivity contribution in [2.45, 2.75) is 30.6 Å². The van der Waals surface area contributed by atoms with Gasteiger partial charge in [0.15, 0.2) is 18.4 Å². The van der Waals surface area contributed by atoms with Crippen LogP contribution in [0.5, 0.6) is 0 Å². The zero-order valence-electron chi connectivity index (χ0n) is 9.63. The minimum atomic E-state index is -1.74.